The first kappa shape index (κ1) is 17.3. The van der Waals surface area contributed by atoms with E-state index in [4.69, 9.17) is 9.47 Å². The summed E-state index contributed by atoms with van der Waals surface area (Å²) in [6.07, 6.45) is 3.74. The van der Waals surface area contributed by atoms with Crippen molar-refractivity contribution in [2.24, 2.45) is 5.92 Å². The summed E-state index contributed by atoms with van der Waals surface area (Å²) < 4.78 is 10.2. The van der Waals surface area contributed by atoms with E-state index in [1.165, 1.54) is 0 Å². The molecular weight excluding hydrogens is 294 g/mol. The van der Waals surface area contributed by atoms with E-state index in [9.17, 15) is 9.59 Å². The maximum absolute atomic E-state index is 11.8. The van der Waals surface area contributed by atoms with Gasteiger partial charge in [0.25, 0.3) is 0 Å². The monoisotopic (exact) mass is 319 g/mol. The summed E-state index contributed by atoms with van der Waals surface area (Å²) in [5, 5.41) is 2.91. The highest BCUT2D eigenvalue weighted by atomic mass is 16.5. The van der Waals surface area contributed by atoms with Gasteiger partial charge in [-0.25, -0.2) is 4.79 Å². The molecule has 0 unspecified atom stereocenters. The number of carbonyl (C=O) groups excluding carboxylic acids is 2. The molecule has 2 rings (SSSR count). The molecule has 0 aromatic heterocycles. The lowest BCUT2D eigenvalue weighted by molar-refractivity contribution is -0.144. The Hall–Kier alpha value is -2.04. The van der Waals surface area contributed by atoms with Crippen molar-refractivity contribution in [3.05, 3.63) is 35.9 Å². The van der Waals surface area contributed by atoms with E-state index in [1.54, 1.807) is 0 Å². The first-order valence-electron chi connectivity index (χ1n) is 8.30. The van der Waals surface area contributed by atoms with Crippen LogP contribution in [0.2, 0.25) is 0 Å². The van der Waals surface area contributed by atoms with Gasteiger partial charge in [-0.3, -0.25) is 4.79 Å². The van der Waals surface area contributed by atoms with Crippen LogP contribution in [0.15, 0.2) is 30.3 Å². The zero-order valence-electron chi connectivity index (χ0n) is 13.6. The second-order valence-electron chi connectivity index (χ2n) is 5.93. The molecule has 1 fully saturated rings. The molecule has 23 heavy (non-hydrogen) atoms. The zero-order chi connectivity index (χ0) is 16.5. The quantitative estimate of drug-likeness (QED) is 0.816. The van der Waals surface area contributed by atoms with Crippen LogP contribution in [0, 0.1) is 5.92 Å². The van der Waals surface area contributed by atoms with Gasteiger partial charge in [0.2, 0.25) is 0 Å². The highest BCUT2D eigenvalue weighted by Crippen LogP contribution is 2.27. The second kappa shape index (κ2) is 9.18. The van der Waals surface area contributed by atoms with Gasteiger partial charge in [-0.15, -0.1) is 0 Å². The highest BCUT2D eigenvalue weighted by Gasteiger charge is 2.24. The minimum absolute atomic E-state index is 0.119. The molecule has 1 N–H and O–H groups in total. The molecule has 1 saturated carbocycles. The third-order valence-electron chi connectivity index (χ3n) is 4.14. The molecule has 0 saturated heterocycles. The minimum atomic E-state index is -0.373. The standard InChI is InChI=1S/C18H25NO4/c1-2-22-17(20)12-14-8-10-16(11-9-14)19-18(21)23-13-15-6-4-3-5-7-15/h3-7,14,16H,2,8-13H2,1H3,(H,19,21)/t14-,16-. The van der Waals surface area contributed by atoms with Gasteiger partial charge < -0.3 is 14.8 Å². The Morgan fingerprint density at radius 1 is 1.09 bits per heavy atom. The van der Waals surface area contributed by atoms with Crippen molar-refractivity contribution in [1.29, 1.82) is 0 Å². The van der Waals surface area contributed by atoms with Crippen molar-refractivity contribution in [3.63, 3.8) is 0 Å². The number of hydrogen-bond acceptors (Lipinski definition) is 4. The van der Waals surface area contributed by atoms with Crippen LogP contribution in [0.3, 0.4) is 0 Å². The predicted octanol–water partition coefficient (Wildman–Crippen LogP) is 3.42. The Morgan fingerprint density at radius 3 is 2.43 bits per heavy atom. The van der Waals surface area contributed by atoms with Crippen molar-refractivity contribution in [1.82, 2.24) is 5.32 Å². The lowest BCUT2D eigenvalue weighted by atomic mass is 9.84. The molecule has 1 aliphatic carbocycles. The molecule has 126 valence electrons. The highest BCUT2D eigenvalue weighted by molar-refractivity contribution is 5.69. The fraction of sp³-hybridized carbons (Fsp3) is 0.556. The summed E-state index contributed by atoms with van der Waals surface area (Å²) >= 11 is 0. The number of rotatable bonds is 6. The maximum Gasteiger partial charge on any atom is 0.407 e. The largest absolute Gasteiger partial charge is 0.466 e. The molecule has 0 atom stereocenters. The summed E-state index contributed by atoms with van der Waals surface area (Å²) in [6.45, 7) is 2.54. The SMILES string of the molecule is CCOC(=O)C[C@H]1CC[C@H](NC(=O)OCc2ccccc2)CC1. The summed E-state index contributed by atoms with van der Waals surface area (Å²) in [7, 11) is 0. The van der Waals surface area contributed by atoms with Gasteiger partial charge in [-0.1, -0.05) is 30.3 Å². The first-order chi connectivity index (χ1) is 11.2. The summed E-state index contributed by atoms with van der Waals surface area (Å²) in [5.74, 6) is 0.249. The molecule has 5 heteroatoms. The number of carbonyl (C=O) groups is 2. The Kier molecular flexibility index (Phi) is 6.91. The van der Waals surface area contributed by atoms with Crippen LogP contribution in [-0.4, -0.2) is 24.7 Å². The number of benzene rings is 1. The van der Waals surface area contributed by atoms with Crippen LogP contribution in [-0.2, 0) is 20.9 Å². The van der Waals surface area contributed by atoms with E-state index in [0.717, 1.165) is 31.2 Å². The van der Waals surface area contributed by atoms with Crippen LogP contribution in [0.25, 0.3) is 0 Å². The van der Waals surface area contributed by atoms with Crippen molar-refractivity contribution in [2.75, 3.05) is 6.61 Å². The Morgan fingerprint density at radius 2 is 1.78 bits per heavy atom. The van der Waals surface area contributed by atoms with E-state index in [1.807, 2.05) is 37.3 Å². The topological polar surface area (TPSA) is 64.6 Å². The average molecular weight is 319 g/mol. The van der Waals surface area contributed by atoms with Gasteiger partial charge in [-0.2, -0.15) is 0 Å². The van der Waals surface area contributed by atoms with Gasteiger partial charge >= 0.3 is 12.1 Å². The summed E-state index contributed by atoms with van der Waals surface area (Å²) in [4.78, 5) is 23.3. The van der Waals surface area contributed by atoms with E-state index in [0.29, 0.717) is 18.9 Å². The number of nitrogens with one attached hydrogen (secondary N) is 1. The molecule has 0 heterocycles. The zero-order valence-corrected chi connectivity index (χ0v) is 13.6. The molecular formula is C18H25NO4. The van der Waals surface area contributed by atoms with E-state index < -0.39 is 0 Å². The fourth-order valence-electron chi connectivity index (χ4n) is 2.90. The van der Waals surface area contributed by atoms with Crippen molar-refractivity contribution in [3.8, 4) is 0 Å². The van der Waals surface area contributed by atoms with E-state index in [-0.39, 0.29) is 24.7 Å². The number of hydrogen-bond donors (Lipinski definition) is 1. The van der Waals surface area contributed by atoms with Crippen LogP contribution < -0.4 is 5.32 Å². The van der Waals surface area contributed by atoms with Crippen molar-refractivity contribution < 1.29 is 19.1 Å². The second-order valence-corrected chi connectivity index (χ2v) is 5.93. The molecule has 0 spiro atoms. The third kappa shape index (κ3) is 6.30. The Labute approximate surface area is 137 Å². The average Bonchev–Trinajstić information content (AvgIpc) is 2.56. The van der Waals surface area contributed by atoms with Gasteiger partial charge in [0.1, 0.15) is 6.61 Å². The molecule has 1 aromatic carbocycles. The van der Waals surface area contributed by atoms with Gasteiger partial charge in [0, 0.05) is 12.5 Å². The number of alkyl carbamates (subject to hydrolysis) is 1. The van der Waals surface area contributed by atoms with Gasteiger partial charge in [-0.05, 0) is 44.1 Å². The molecule has 5 nitrogen and oxygen atoms in total. The molecule has 1 aromatic rings. The van der Waals surface area contributed by atoms with Crippen molar-refractivity contribution in [2.45, 2.75) is 51.7 Å². The maximum atomic E-state index is 11.8. The van der Waals surface area contributed by atoms with Gasteiger partial charge in [0.05, 0.1) is 6.61 Å². The summed E-state index contributed by atoms with van der Waals surface area (Å²) in [6, 6.07) is 9.75. The van der Waals surface area contributed by atoms with E-state index in [2.05, 4.69) is 5.32 Å². The molecule has 0 radical (unpaired) electrons. The number of amides is 1. The van der Waals surface area contributed by atoms with E-state index >= 15 is 0 Å². The lowest BCUT2D eigenvalue weighted by Gasteiger charge is -2.28. The fourth-order valence-corrected chi connectivity index (χ4v) is 2.90. The Balaban J connectivity index is 1.63. The Bertz CT molecular complexity index is 495. The van der Waals surface area contributed by atoms with Gasteiger partial charge in [0.15, 0.2) is 0 Å². The van der Waals surface area contributed by atoms with Crippen LogP contribution in [0.1, 0.15) is 44.6 Å². The molecule has 0 bridgehead atoms. The lowest BCUT2D eigenvalue weighted by Crippen LogP contribution is -2.38. The molecule has 1 amide bonds. The smallest absolute Gasteiger partial charge is 0.407 e. The normalized spacial score (nSPS) is 20.6. The van der Waals surface area contributed by atoms with Crippen LogP contribution >= 0.6 is 0 Å². The first-order valence-corrected chi connectivity index (χ1v) is 8.30. The van der Waals surface area contributed by atoms with Crippen LogP contribution in [0.5, 0.6) is 0 Å². The number of ether oxygens (including phenoxy) is 2. The third-order valence-corrected chi connectivity index (χ3v) is 4.14. The minimum Gasteiger partial charge on any atom is -0.466 e. The molecule has 0 aliphatic heterocycles. The van der Waals surface area contributed by atoms with Crippen LogP contribution in [0.4, 0.5) is 4.79 Å². The molecule has 1 aliphatic rings. The number of esters is 1. The predicted molar refractivity (Wildman–Crippen MR) is 86.8 cm³/mol. The summed E-state index contributed by atoms with van der Waals surface area (Å²) in [5.41, 5.74) is 0.973. The van der Waals surface area contributed by atoms with Crippen molar-refractivity contribution >= 4 is 12.1 Å².